The summed E-state index contributed by atoms with van der Waals surface area (Å²) in [7, 11) is 3.66. The summed E-state index contributed by atoms with van der Waals surface area (Å²) in [4.78, 5) is 24.7. The molecule has 1 aromatic heterocycles. The van der Waals surface area contributed by atoms with Crippen molar-refractivity contribution in [3.8, 4) is 0 Å². The molecule has 0 saturated heterocycles. The Hall–Kier alpha value is -2.34. The van der Waals surface area contributed by atoms with Gasteiger partial charge in [-0.05, 0) is 37.5 Å². The summed E-state index contributed by atoms with van der Waals surface area (Å²) >= 11 is 0. The summed E-state index contributed by atoms with van der Waals surface area (Å²) in [6.07, 6.45) is 2.82. The van der Waals surface area contributed by atoms with Crippen LogP contribution in [0.15, 0.2) is 29.2 Å². The summed E-state index contributed by atoms with van der Waals surface area (Å²) in [6.45, 7) is 2.02. The van der Waals surface area contributed by atoms with Gasteiger partial charge in [-0.25, -0.2) is 4.79 Å². The first-order chi connectivity index (χ1) is 11.0. The molecule has 0 aliphatic heterocycles. The molecule has 0 unspecified atom stereocenters. The van der Waals surface area contributed by atoms with Gasteiger partial charge in [0.15, 0.2) is 0 Å². The third-order valence-corrected chi connectivity index (χ3v) is 3.60. The molecule has 1 heterocycles. The number of esters is 1. The highest BCUT2D eigenvalue weighted by Gasteiger charge is 2.17. The normalized spacial score (nSPS) is 10.8. The number of carbonyl (C=O) groups is 1. The van der Waals surface area contributed by atoms with Crippen LogP contribution >= 0.6 is 0 Å². The number of aryl methyl sites for hydroxylation is 1. The van der Waals surface area contributed by atoms with E-state index in [9.17, 15) is 9.59 Å². The van der Waals surface area contributed by atoms with Gasteiger partial charge < -0.3 is 14.9 Å². The van der Waals surface area contributed by atoms with Gasteiger partial charge in [0, 0.05) is 32.3 Å². The highest BCUT2D eigenvalue weighted by molar-refractivity contribution is 5.94. The predicted molar refractivity (Wildman–Crippen MR) is 89.6 cm³/mol. The van der Waals surface area contributed by atoms with Crippen LogP contribution in [-0.4, -0.2) is 43.1 Å². The maximum absolute atomic E-state index is 12.7. The van der Waals surface area contributed by atoms with E-state index in [4.69, 9.17) is 9.84 Å². The van der Waals surface area contributed by atoms with E-state index < -0.39 is 5.97 Å². The van der Waals surface area contributed by atoms with Gasteiger partial charge in [0.05, 0.1) is 12.1 Å². The SMILES string of the molecule is CCOC(=O)c1cn(N(C)C)c2ccc(CCCO)cc2c1=O. The molecule has 0 amide bonds. The van der Waals surface area contributed by atoms with Crippen molar-refractivity contribution in [2.45, 2.75) is 19.8 Å². The molecule has 0 bridgehead atoms. The number of ether oxygens (including phenoxy) is 1. The fraction of sp³-hybridized carbons (Fsp3) is 0.412. The van der Waals surface area contributed by atoms with Crippen LogP contribution in [0.4, 0.5) is 0 Å². The van der Waals surface area contributed by atoms with E-state index in [-0.39, 0.29) is 24.2 Å². The number of hydrogen-bond acceptors (Lipinski definition) is 5. The Morgan fingerprint density at radius 1 is 1.35 bits per heavy atom. The number of nitrogens with zero attached hydrogens (tertiary/aromatic N) is 2. The molecule has 0 atom stereocenters. The Morgan fingerprint density at radius 3 is 2.70 bits per heavy atom. The van der Waals surface area contributed by atoms with Crippen molar-refractivity contribution in [3.63, 3.8) is 0 Å². The first-order valence-electron chi connectivity index (χ1n) is 7.63. The van der Waals surface area contributed by atoms with Crippen LogP contribution in [0.25, 0.3) is 10.9 Å². The average Bonchev–Trinajstić information content (AvgIpc) is 2.53. The molecule has 6 heteroatoms. The lowest BCUT2D eigenvalue weighted by Gasteiger charge is -2.21. The number of aliphatic hydroxyl groups is 1. The minimum absolute atomic E-state index is 0.0207. The molecule has 0 aliphatic rings. The molecular weight excluding hydrogens is 296 g/mol. The highest BCUT2D eigenvalue weighted by Crippen LogP contribution is 2.16. The van der Waals surface area contributed by atoms with E-state index in [2.05, 4.69) is 0 Å². The third-order valence-electron chi connectivity index (χ3n) is 3.60. The molecule has 1 N–H and O–H groups in total. The number of fused-ring (bicyclic) bond motifs is 1. The molecule has 0 aliphatic carbocycles. The molecule has 0 radical (unpaired) electrons. The molecular formula is C17H22N2O4. The second-order valence-corrected chi connectivity index (χ2v) is 5.46. The molecule has 2 aromatic rings. The number of aromatic nitrogens is 1. The lowest BCUT2D eigenvalue weighted by Crippen LogP contribution is -2.30. The quantitative estimate of drug-likeness (QED) is 0.813. The molecule has 0 fully saturated rings. The smallest absolute Gasteiger partial charge is 0.343 e. The molecule has 0 spiro atoms. The van der Waals surface area contributed by atoms with Crippen LogP contribution in [-0.2, 0) is 11.2 Å². The van der Waals surface area contributed by atoms with Gasteiger partial charge in [0.2, 0.25) is 5.43 Å². The van der Waals surface area contributed by atoms with Crippen LogP contribution in [0.2, 0.25) is 0 Å². The monoisotopic (exact) mass is 318 g/mol. The van der Waals surface area contributed by atoms with Crippen molar-refractivity contribution in [3.05, 3.63) is 45.7 Å². The fourth-order valence-corrected chi connectivity index (χ4v) is 2.48. The molecule has 0 saturated carbocycles. The second kappa shape index (κ2) is 7.28. The number of rotatable bonds is 6. The van der Waals surface area contributed by atoms with Crippen molar-refractivity contribution in [1.82, 2.24) is 4.68 Å². The molecule has 23 heavy (non-hydrogen) atoms. The summed E-state index contributed by atoms with van der Waals surface area (Å²) in [5.74, 6) is -0.615. The third kappa shape index (κ3) is 3.53. The Labute approximate surface area is 134 Å². The van der Waals surface area contributed by atoms with Gasteiger partial charge in [-0.15, -0.1) is 0 Å². The van der Waals surface area contributed by atoms with Gasteiger partial charge in [0.1, 0.15) is 5.56 Å². The zero-order chi connectivity index (χ0) is 17.0. The Bertz CT molecular complexity index is 765. The summed E-state index contributed by atoms with van der Waals surface area (Å²) in [5, 5.41) is 11.2. The molecule has 6 nitrogen and oxygen atoms in total. The van der Waals surface area contributed by atoms with E-state index in [1.807, 2.05) is 26.2 Å². The van der Waals surface area contributed by atoms with Gasteiger partial charge in [-0.1, -0.05) is 6.07 Å². The lowest BCUT2D eigenvalue weighted by molar-refractivity contribution is 0.0524. The number of hydrogen-bond donors (Lipinski definition) is 1. The van der Waals surface area contributed by atoms with Crippen LogP contribution in [0.1, 0.15) is 29.3 Å². The van der Waals surface area contributed by atoms with Crippen LogP contribution in [0.3, 0.4) is 0 Å². The van der Waals surface area contributed by atoms with Crippen molar-refractivity contribution < 1.29 is 14.6 Å². The summed E-state index contributed by atoms with van der Waals surface area (Å²) in [5.41, 5.74) is 1.37. The minimum atomic E-state index is -0.615. The van der Waals surface area contributed by atoms with Gasteiger partial charge in [-0.2, -0.15) is 0 Å². The first kappa shape index (κ1) is 17.0. The summed E-state index contributed by atoms with van der Waals surface area (Å²) < 4.78 is 6.73. The van der Waals surface area contributed by atoms with Gasteiger partial charge in [0.25, 0.3) is 0 Å². The minimum Gasteiger partial charge on any atom is -0.462 e. The van der Waals surface area contributed by atoms with Crippen LogP contribution in [0, 0.1) is 0 Å². The lowest BCUT2D eigenvalue weighted by atomic mass is 10.0. The number of carbonyl (C=O) groups excluding carboxylic acids is 1. The number of benzene rings is 1. The van der Waals surface area contributed by atoms with Crippen molar-refractivity contribution in [2.75, 3.05) is 32.3 Å². The first-order valence-corrected chi connectivity index (χ1v) is 7.63. The van der Waals surface area contributed by atoms with Crippen molar-refractivity contribution in [2.24, 2.45) is 0 Å². The predicted octanol–water partition coefficient (Wildman–Crippen LogP) is 1.30. The zero-order valence-corrected chi connectivity index (χ0v) is 13.7. The van der Waals surface area contributed by atoms with Crippen molar-refractivity contribution >= 4 is 16.9 Å². The standard InChI is InChI=1S/C17H22N2O4/c1-4-23-17(22)14-11-19(18(2)3)15-8-7-12(6-5-9-20)10-13(15)16(14)21/h7-8,10-11,20H,4-6,9H2,1-3H3. The van der Waals surface area contributed by atoms with Gasteiger partial charge >= 0.3 is 5.97 Å². The van der Waals surface area contributed by atoms with E-state index in [1.54, 1.807) is 22.7 Å². The second-order valence-electron chi connectivity index (χ2n) is 5.46. The average molecular weight is 318 g/mol. The van der Waals surface area contributed by atoms with Gasteiger partial charge in [-0.3, -0.25) is 9.47 Å². The zero-order valence-electron chi connectivity index (χ0n) is 13.7. The fourth-order valence-electron chi connectivity index (χ4n) is 2.48. The molecule has 1 aromatic carbocycles. The van der Waals surface area contributed by atoms with Crippen LogP contribution in [0.5, 0.6) is 0 Å². The van der Waals surface area contributed by atoms with E-state index in [1.165, 1.54) is 6.20 Å². The maximum atomic E-state index is 12.7. The highest BCUT2D eigenvalue weighted by atomic mass is 16.5. The Kier molecular flexibility index (Phi) is 5.39. The Balaban J connectivity index is 2.67. The number of pyridine rings is 1. The molecule has 2 rings (SSSR count). The van der Waals surface area contributed by atoms with E-state index in [0.717, 1.165) is 11.1 Å². The molecule has 124 valence electrons. The van der Waals surface area contributed by atoms with E-state index in [0.29, 0.717) is 18.2 Å². The maximum Gasteiger partial charge on any atom is 0.343 e. The van der Waals surface area contributed by atoms with Crippen LogP contribution < -0.4 is 10.4 Å². The topological polar surface area (TPSA) is 71.8 Å². The number of aliphatic hydroxyl groups excluding tert-OH is 1. The van der Waals surface area contributed by atoms with E-state index >= 15 is 0 Å². The Morgan fingerprint density at radius 2 is 2.09 bits per heavy atom. The summed E-state index contributed by atoms with van der Waals surface area (Å²) in [6, 6.07) is 5.58. The largest absolute Gasteiger partial charge is 0.462 e. The van der Waals surface area contributed by atoms with Crippen molar-refractivity contribution in [1.29, 1.82) is 0 Å².